The highest BCUT2D eigenvalue weighted by atomic mass is 15.0. The molecule has 3 aromatic carbocycles. The highest BCUT2D eigenvalue weighted by Gasteiger charge is 2.18. The lowest BCUT2D eigenvalue weighted by atomic mass is 9.86. The third kappa shape index (κ3) is 3.84. The number of rotatable bonds is 5. The molecular formula is C34H24N4. The van der Waals surface area contributed by atoms with Crippen molar-refractivity contribution >= 4 is 21.8 Å². The molecule has 1 atom stereocenters. The molecule has 0 aliphatic carbocycles. The van der Waals surface area contributed by atoms with E-state index in [1.807, 2.05) is 36.8 Å². The van der Waals surface area contributed by atoms with Crippen molar-refractivity contribution in [1.29, 1.82) is 0 Å². The molecule has 0 aliphatic rings. The van der Waals surface area contributed by atoms with Crippen molar-refractivity contribution < 1.29 is 0 Å². The van der Waals surface area contributed by atoms with Gasteiger partial charge in [0, 0.05) is 47.2 Å². The van der Waals surface area contributed by atoms with Crippen molar-refractivity contribution in [3.8, 4) is 17.1 Å². The zero-order valence-electron chi connectivity index (χ0n) is 20.6. The summed E-state index contributed by atoms with van der Waals surface area (Å²) in [6.45, 7) is 0. The molecule has 0 saturated carbocycles. The summed E-state index contributed by atoms with van der Waals surface area (Å²) in [6, 6.07) is 40.2. The fraction of sp³-hybridized carbons (Fsp3) is 0.0294. The first-order chi connectivity index (χ1) is 18.9. The Labute approximate surface area is 220 Å². The lowest BCUT2D eigenvalue weighted by molar-refractivity contribution is 0.961. The van der Waals surface area contributed by atoms with Crippen molar-refractivity contribution in [2.24, 2.45) is 0 Å². The quantitative estimate of drug-likeness (QED) is 0.248. The Morgan fingerprint density at radius 3 is 1.97 bits per heavy atom. The number of benzene rings is 3. The lowest BCUT2D eigenvalue weighted by Gasteiger charge is -2.19. The summed E-state index contributed by atoms with van der Waals surface area (Å²) in [5, 5.41) is 2.37. The van der Waals surface area contributed by atoms with E-state index in [0.717, 1.165) is 33.5 Å². The first-order valence-corrected chi connectivity index (χ1v) is 12.7. The van der Waals surface area contributed by atoms with Gasteiger partial charge in [0.05, 0.1) is 22.4 Å². The van der Waals surface area contributed by atoms with Gasteiger partial charge < -0.3 is 4.57 Å². The second-order valence-corrected chi connectivity index (χ2v) is 9.37. The van der Waals surface area contributed by atoms with Crippen LogP contribution in [0.25, 0.3) is 38.9 Å². The highest BCUT2D eigenvalue weighted by molar-refractivity contribution is 6.08. The molecule has 0 N–H and O–H groups in total. The van der Waals surface area contributed by atoms with Gasteiger partial charge in [-0.3, -0.25) is 15.0 Å². The second-order valence-electron chi connectivity index (χ2n) is 9.37. The fourth-order valence-corrected chi connectivity index (χ4v) is 5.37. The van der Waals surface area contributed by atoms with Crippen LogP contribution < -0.4 is 0 Å². The van der Waals surface area contributed by atoms with Crippen LogP contribution >= 0.6 is 0 Å². The maximum absolute atomic E-state index is 4.77. The Kier molecular flexibility index (Phi) is 5.48. The van der Waals surface area contributed by atoms with E-state index in [4.69, 9.17) is 4.98 Å². The molecule has 4 heteroatoms. The zero-order valence-corrected chi connectivity index (χ0v) is 20.6. The van der Waals surface area contributed by atoms with E-state index >= 15 is 0 Å². The summed E-state index contributed by atoms with van der Waals surface area (Å²) in [6.07, 6.45) is 7.59. The molecule has 0 spiro atoms. The molecule has 0 saturated heterocycles. The Hall–Kier alpha value is -5.09. The highest BCUT2D eigenvalue weighted by Crippen LogP contribution is 2.35. The van der Waals surface area contributed by atoms with E-state index in [-0.39, 0.29) is 5.92 Å². The van der Waals surface area contributed by atoms with Crippen LogP contribution in [0.4, 0.5) is 0 Å². The third-order valence-corrected chi connectivity index (χ3v) is 7.14. The van der Waals surface area contributed by atoms with Crippen LogP contribution in [0.5, 0.6) is 0 Å². The van der Waals surface area contributed by atoms with E-state index in [1.165, 1.54) is 22.0 Å². The summed E-state index contributed by atoms with van der Waals surface area (Å²) in [5.74, 6) is 0.0675. The molecule has 7 aromatic rings. The third-order valence-electron chi connectivity index (χ3n) is 7.14. The molecule has 4 heterocycles. The van der Waals surface area contributed by atoms with Crippen LogP contribution in [-0.2, 0) is 0 Å². The fourth-order valence-electron chi connectivity index (χ4n) is 5.37. The summed E-state index contributed by atoms with van der Waals surface area (Å²) in [4.78, 5) is 13.6. The molecule has 0 fully saturated rings. The maximum Gasteiger partial charge on any atom is 0.0886 e. The maximum atomic E-state index is 4.77. The van der Waals surface area contributed by atoms with E-state index in [1.54, 1.807) is 6.20 Å². The van der Waals surface area contributed by atoms with Gasteiger partial charge in [0.15, 0.2) is 0 Å². The summed E-state index contributed by atoms with van der Waals surface area (Å²) in [5.41, 5.74) is 8.80. The Morgan fingerprint density at radius 2 is 1.18 bits per heavy atom. The van der Waals surface area contributed by atoms with Gasteiger partial charge in [0.2, 0.25) is 0 Å². The number of para-hydroxylation sites is 1. The Bertz CT molecular complexity index is 1790. The predicted molar refractivity (Wildman–Crippen MR) is 153 cm³/mol. The summed E-state index contributed by atoms with van der Waals surface area (Å²) >= 11 is 0. The minimum Gasteiger partial charge on any atom is -0.309 e. The number of aromatic nitrogens is 4. The van der Waals surface area contributed by atoms with E-state index in [0.29, 0.717) is 0 Å². The van der Waals surface area contributed by atoms with Crippen LogP contribution in [0, 0.1) is 0 Å². The monoisotopic (exact) mass is 488 g/mol. The molecule has 1 unspecified atom stereocenters. The minimum atomic E-state index is 0.0675. The van der Waals surface area contributed by atoms with Crippen LogP contribution in [0.2, 0.25) is 0 Å². The van der Waals surface area contributed by atoms with Crippen molar-refractivity contribution in [3.05, 3.63) is 157 Å². The first-order valence-electron chi connectivity index (χ1n) is 12.7. The van der Waals surface area contributed by atoms with Crippen molar-refractivity contribution in [3.63, 3.8) is 0 Å². The van der Waals surface area contributed by atoms with E-state index < -0.39 is 0 Å². The topological polar surface area (TPSA) is 43.6 Å². The van der Waals surface area contributed by atoms with E-state index in [9.17, 15) is 0 Å². The summed E-state index contributed by atoms with van der Waals surface area (Å²) < 4.78 is 2.32. The molecule has 0 aliphatic heterocycles. The van der Waals surface area contributed by atoms with Crippen LogP contribution in [0.1, 0.15) is 22.6 Å². The molecule has 180 valence electrons. The van der Waals surface area contributed by atoms with Crippen molar-refractivity contribution in [2.75, 3.05) is 0 Å². The minimum absolute atomic E-state index is 0.0675. The van der Waals surface area contributed by atoms with E-state index in [2.05, 4.69) is 112 Å². The second kappa shape index (κ2) is 9.41. The average molecular weight is 489 g/mol. The molecule has 0 bridgehead atoms. The van der Waals surface area contributed by atoms with Crippen molar-refractivity contribution in [2.45, 2.75) is 5.92 Å². The van der Waals surface area contributed by atoms with Gasteiger partial charge >= 0.3 is 0 Å². The zero-order chi connectivity index (χ0) is 25.3. The number of fused-ring (bicyclic) bond motifs is 3. The average Bonchev–Trinajstić information content (AvgIpc) is 3.34. The molecule has 7 rings (SSSR count). The lowest BCUT2D eigenvalue weighted by Crippen LogP contribution is -2.05. The molecule has 4 aromatic heterocycles. The number of hydrogen-bond acceptors (Lipinski definition) is 3. The number of pyridine rings is 3. The van der Waals surface area contributed by atoms with Crippen LogP contribution in [-0.4, -0.2) is 19.5 Å². The molecule has 38 heavy (non-hydrogen) atoms. The van der Waals surface area contributed by atoms with Gasteiger partial charge in [-0.15, -0.1) is 0 Å². The number of nitrogens with zero attached hydrogens (tertiary/aromatic N) is 4. The largest absolute Gasteiger partial charge is 0.309 e. The van der Waals surface area contributed by atoms with Gasteiger partial charge in [0.25, 0.3) is 0 Å². The van der Waals surface area contributed by atoms with Crippen LogP contribution in [0.3, 0.4) is 0 Å². The van der Waals surface area contributed by atoms with Gasteiger partial charge in [-0.1, -0.05) is 72.8 Å². The predicted octanol–water partition coefficient (Wildman–Crippen LogP) is 7.82. The Morgan fingerprint density at radius 1 is 0.474 bits per heavy atom. The van der Waals surface area contributed by atoms with Gasteiger partial charge in [0.1, 0.15) is 0 Å². The first kappa shape index (κ1) is 22.1. The Balaban J connectivity index is 1.32. The molecule has 0 radical (unpaired) electrons. The van der Waals surface area contributed by atoms with Gasteiger partial charge in [-0.05, 0) is 59.2 Å². The number of hydrogen-bond donors (Lipinski definition) is 0. The molecule has 4 nitrogen and oxygen atoms in total. The normalized spacial score (nSPS) is 12.1. The van der Waals surface area contributed by atoms with Gasteiger partial charge in [-0.25, -0.2) is 0 Å². The summed E-state index contributed by atoms with van der Waals surface area (Å²) in [7, 11) is 0. The molecular weight excluding hydrogens is 464 g/mol. The van der Waals surface area contributed by atoms with Crippen molar-refractivity contribution in [1.82, 2.24) is 19.5 Å². The molecule has 0 amide bonds. The standard InChI is InChI=1S/C34H24N4/c1-2-8-24(9-3-1)34(26-15-18-31(37-22-26)30-11-6-7-20-36-30)25-13-16-27(17-14-25)38-32-12-5-4-10-28(32)29-23-35-21-19-33(29)38/h1-23,34H. The van der Waals surface area contributed by atoms with Crippen LogP contribution in [0.15, 0.2) is 140 Å². The SMILES string of the molecule is c1ccc(C(c2ccc(-n3c4ccccc4c4cnccc43)cc2)c2ccc(-c3ccccn3)nc2)cc1. The smallest absolute Gasteiger partial charge is 0.0886 e. The van der Waals surface area contributed by atoms with Gasteiger partial charge in [-0.2, -0.15) is 0 Å².